The van der Waals surface area contributed by atoms with Gasteiger partial charge in [0.2, 0.25) is 0 Å². The van der Waals surface area contributed by atoms with Crippen molar-refractivity contribution in [3.63, 3.8) is 0 Å². The molecule has 148 valence electrons. The van der Waals surface area contributed by atoms with Gasteiger partial charge in [-0.05, 0) is 42.3 Å². The van der Waals surface area contributed by atoms with Crippen molar-refractivity contribution in [2.24, 2.45) is 5.92 Å². The molecule has 0 spiro atoms. The predicted molar refractivity (Wildman–Crippen MR) is 107 cm³/mol. The molecule has 0 atom stereocenters. The molecule has 0 bridgehead atoms. The van der Waals surface area contributed by atoms with Crippen LogP contribution in [-0.4, -0.2) is 26.0 Å². The van der Waals surface area contributed by atoms with Crippen molar-refractivity contribution in [1.82, 2.24) is 15.0 Å². The summed E-state index contributed by atoms with van der Waals surface area (Å²) in [6.07, 6.45) is 2.62. The van der Waals surface area contributed by atoms with E-state index >= 15 is 0 Å². The lowest BCUT2D eigenvalue weighted by Gasteiger charge is -2.19. The third-order valence-electron chi connectivity index (χ3n) is 4.84. The van der Waals surface area contributed by atoms with Crippen LogP contribution in [0.1, 0.15) is 41.3 Å². The summed E-state index contributed by atoms with van der Waals surface area (Å²) in [4.78, 5) is 27.4. The second-order valence-corrected chi connectivity index (χ2v) is 7.59. The second kappa shape index (κ2) is 7.58. The lowest BCUT2D eigenvalue weighted by Crippen LogP contribution is -2.20. The van der Waals surface area contributed by atoms with E-state index in [4.69, 9.17) is 0 Å². The highest BCUT2D eigenvalue weighted by Crippen LogP contribution is 2.31. The van der Waals surface area contributed by atoms with Crippen LogP contribution in [0, 0.1) is 11.7 Å². The lowest BCUT2D eigenvalue weighted by atomic mass is 10.1. The van der Waals surface area contributed by atoms with Gasteiger partial charge in [0.25, 0.3) is 0 Å². The molecule has 0 saturated heterocycles. The molecular formula is C22H21FN4O2. The van der Waals surface area contributed by atoms with Gasteiger partial charge in [-0.25, -0.2) is 24.1 Å². The minimum Gasteiger partial charge on any atom is -0.478 e. The summed E-state index contributed by atoms with van der Waals surface area (Å²) in [5.41, 5.74) is 3.32. The quantitative estimate of drug-likeness (QED) is 0.704. The van der Waals surface area contributed by atoms with E-state index in [1.807, 2.05) is 11.1 Å². The Morgan fingerprint density at radius 2 is 1.90 bits per heavy atom. The summed E-state index contributed by atoms with van der Waals surface area (Å²) in [7, 11) is 0. The molecule has 1 aromatic carbocycles. The molecule has 7 heteroatoms. The van der Waals surface area contributed by atoms with E-state index in [2.05, 4.69) is 28.8 Å². The third kappa shape index (κ3) is 3.94. The zero-order valence-corrected chi connectivity index (χ0v) is 16.3. The topological polar surface area (TPSA) is 79.2 Å². The van der Waals surface area contributed by atoms with E-state index in [9.17, 15) is 14.3 Å². The minimum atomic E-state index is -1.04. The average molecular weight is 392 g/mol. The minimum absolute atomic E-state index is 0.124. The molecule has 0 fully saturated rings. The Bertz CT molecular complexity index is 1070. The fraction of sp³-hybridized carbons (Fsp3) is 0.273. The van der Waals surface area contributed by atoms with Crippen LogP contribution in [0.4, 0.5) is 10.2 Å². The number of carboxylic acid groups (broad SMARTS) is 1. The molecule has 6 nitrogen and oxygen atoms in total. The monoisotopic (exact) mass is 392 g/mol. The number of hydrogen-bond donors (Lipinski definition) is 1. The van der Waals surface area contributed by atoms with Crippen LogP contribution in [0.3, 0.4) is 0 Å². The highest BCUT2D eigenvalue weighted by atomic mass is 19.1. The van der Waals surface area contributed by atoms with E-state index in [0.29, 0.717) is 30.5 Å². The maximum Gasteiger partial charge on any atom is 0.339 e. The van der Waals surface area contributed by atoms with Crippen LogP contribution < -0.4 is 4.90 Å². The van der Waals surface area contributed by atoms with Gasteiger partial charge in [-0.3, -0.25) is 0 Å². The first kappa shape index (κ1) is 19.0. The number of aromatic nitrogens is 3. The number of carboxylic acids is 1. The molecule has 0 saturated carbocycles. The van der Waals surface area contributed by atoms with Gasteiger partial charge < -0.3 is 10.0 Å². The van der Waals surface area contributed by atoms with Crippen LogP contribution in [0.25, 0.3) is 11.3 Å². The summed E-state index contributed by atoms with van der Waals surface area (Å²) >= 11 is 0. The molecule has 3 heterocycles. The van der Waals surface area contributed by atoms with Gasteiger partial charge in [0.05, 0.1) is 17.9 Å². The van der Waals surface area contributed by atoms with Crippen LogP contribution >= 0.6 is 0 Å². The third-order valence-corrected chi connectivity index (χ3v) is 4.84. The molecule has 1 aliphatic rings. The molecule has 1 aliphatic heterocycles. The van der Waals surface area contributed by atoms with E-state index in [1.54, 1.807) is 24.3 Å². The fourth-order valence-corrected chi connectivity index (χ4v) is 3.45. The summed E-state index contributed by atoms with van der Waals surface area (Å²) < 4.78 is 13.2. The summed E-state index contributed by atoms with van der Waals surface area (Å²) in [5, 5.41) is 9.64. The van der Waals surface area contributed by atoms with Crippen molar-refractivity contribution in [3.8, 4) is 11.3 Å². The maximum absolute atomic E-state index is 13.2. The van der Waals surface area contributed by atoms with Gasteiger partial charge in [0, 0.05) is 30.3 Å². The number of anilines is 1. The van der Waals surface area contributed by atoms with Gasteiger partial charge in [0.1, 0.15) is 23.0 Å². The van der Waals surface area contributed by atoms with Gasteiger partial charge in [-0.2, -0.15) is 0 Å². The first-order chi connectivity index (χ1) is 13.9. The zero-order valence-electron chi connectivity index (χ0n) is 16.3. The summed E-state index contributed by atoms with van der Waals surface area (Å²) in [6, 6.07) is 9.17. The number of pyridine rings is 1. The van der Waals surface area contributed by atoms with Crippen LogP contribution in [0.2, 0.25) is 0 Å². The molecule has 0 unspecified atom stereocenters. The van der Waals surface area contributed by atoms with Crippen molar-refractivity contribution < 1.29 is 14.3 Å². The molecule has 0 amide bonds. The van der Waals surface area contributed by atoms with E-state index in [0.717, 1.165) is 29.1 Å². The Morgan fingerprint density at radius 1 is 1.14 bits per heavy atom. The van der Waals surface area contributed by atoms with Gasteiger partial charge in [-0.15, -0.1) is 0 Å². The van der Waals surface area contributed by atoms with Crippen molar-refractivity contribution in [2.45, 2.75) is 33.4 Å². The number of hydrogen-bond acceptors (Lipinski definition) is 5. The SMILES string of the molecule is CC(C)Cc1ncc2c(n1)CN(c1nc(-c3ccc(F)cc3)ccc1C(=O)O)C2. The molecule has 3 aromatic rings. The standard InChI is InChI=1S/C22H21FN4O2/c1-13(2)9-20-24-10-15-11-27(12-19(15)25-20)21-17(22(28)29)7-8-18(26-21)14-3-5-16(23)6-4-14/h3-8,10,13H,9,11-12H2,1-2H3,(H,28,29). The second-order valence-electron chi connectivity index (χ2n) is 7.59. The average Bonchev–Trinajstić information content (AvgIpc) is 3.11. The largest absolute Gasteiger partial charge is 0.478 e. The number of fused-ring (bicyclic) bond motifs is 1. The molecule has 0 radical (unpaired) electrons. The molecule has 0 aliphatic carbocycles. The first-order valence-electron chi connectivity index (χ1n) is 9.49. The highest BCUT2D eigenvalue weighted by molar-refractivity contribution is 5.94. The fourth-order valence-electron chi connectivity index (χ4n) is 3.45. The molecule has 29 heavy (non-hydrogen) atoms. The van der Waals surface area contributed by atoms with Crippen LogP contribution in [0.15, 0.2) is 42.6 Å². The van der Waals surface area contributed by atoms with Crippen LogP contribution in [0.5, 0.6) is 0 Å². The van der Waals surface area contributed by atoms with Crippen molar-refractivity contribution in [1.29, 1.82) is 0 Å². The van der Waals surface area contributed by atoms with Gasteiger partial charge in [0.15, 0.2) is 0 Å². The number of halogens is 1. The van der Waals surface area contributed by atoms with Crippen molar-refractivity contribution in [2.75, 3.05) is 4.90 Å². The van der Waals surface area contributed by atoms with Gasteiger partial charge in [-0.1, -0.05) is 13.8 Å². The summed E-state index contributed by atoms with van der Waals surface area (Å²) in [5.74, 6) is 0.260. The Hall–Kier alpha value is -3.35. The van der Waals surface area contributed by atoms with Crippen LogP contribution in [-0.2, 0) is 19.5 Å². The Morgan fingerprint density at radius 3 is 2.59 bits per heavy atom. The maximum atomic E-state index is 13.2. The number of nitrogens with zero attached hydrogens (tertiary/aromatic N) is 4. The molecule has 1 N–H and O–H groups in total. The lowest BCUT2D eigenvalue weighted by molar-refractivity contribution is 0.0697. The number of rotatable bonds is 5. The van der Waals surface area contributed by atoms with E-state index in [1.165, 1.54) is 12.1 Å². The molecule has 4 rings (SSSR count). The van der Waals surface area contributed by atoms with Crippen molar-refractivity contribution >= 4 is 11.8 Å². The molecular weight excluding hydrogens is 371 g/mol. The number of aromatic carboxylic acids is 1. The predicted octanol–water partition coefficient (Wildman–Crippen LogP) is 4.09. The number of benzene rings is 1. The van der Waals surface area contributed by atoms with E-state index in [-0.39, 0.29) is 11.4 Å². The first-order valence-corrected chi connectivity index (χ1v) is 9.49. The summed E-state index contributed by atoms with van der Waals surface area (Å²) in [6.45, 7) is 5.21. The Kier molecular flexibility index (Phi) is 4.96. The smallest absolute Gasteiger partial charge is 0.339 e. The Balaban J connectivity index is 1.68. The van der Waals surface area contributed by atoms with Gasteiger partial charge >= 0.3 is 5.97 Å². The van der Waals surface area contributed by atoms with E-state index < -0.39 is 5.97 Å². The van der Waals surface area contributed by atoms with Crippen molar-refractivity contribution in [3.05, 3.63) is 71.1 Å². The molecule has 2 aromatic heterocycles. The highest BCUT2D eigenvalue weighted by Gasteiger charge is 2.26. The number of carbonyl (C=O) groups is 1. The zero-order chi connectivity index (χ0) is 20.5. The Labute approximate surface area is 168 Å². The normalized spacial score (nSPS) is 13.0.